The number of hydrogen-bond donors (Lipinski definition) is 2. The Kier molecular flexibility index (Phi) is 6.25. The van der Waals surface area contributed by atoms with Gasteiger partial charge in [-0.3, -0.25) is 4.79 Å². The Balaban J connectivity index is 1.59. The third kappa shape index (κ3) is 4.34. The highest BCUT2D eigenvalue weighted by Gasteiger charge is 2.37. The Hall–Kier alpha value is -3.73. The fourth-order valence-electron chi connectivity index (χ4n) is 5.36. The van der Waals surface area contributed by atoms with Crippen LogP contribution in [0.2, 0.25) is 0 Å². The number of fused-ring (bicyclic) bond motifs is 1. The fraction of sp³-hybridized carbons (Fsp3) is 0.323. The predicted octanol–water partition coefficient (Wildman–Crippen LogP) is 6.98. The topological polar surface area (TPSA) is 59.6 Å². The van der Waals surface area contributed by atoms with Gasteiger partial charge in [-0.05, 0) is 47.1 Å². The van der Waals surface area contributed by atoms with Crippen LogP contribution in [0.4, 0.5) is 11.4 Å². The van der Waals surface area contributed by atoms with Gasteiger partial charge in [-0.25, -0.2) is 0 Å². The van der Waals surface area contributed by atoms with Crippen molar-refractivity contribution in [2.24, 2.45) is 0 Å². The van der Waals surface area contributed by atoms with Crippen molar-refractivity contribution < 1.29 is 14.3 Å². The van der Waals surface area contributed by atoms with Crippen LogP contribution in [0, 0.1) is 0 Å². The zero-order valence-corrected chi connectivity index (χ0v) is 21.6. The SMILES string of the molecule is COc1cccc(C2Nc3ccccc3NC3=C2C(=O)CC(c2ccc(C(C)(C)C)cc2)C3)c1OC. The van der Waals surface area contributed by atoms with Gasteiger partial charge in [0, 0.05) is 23.3 Å². The highest BCUT2D eigenvalue weighted by molar-refractivity contribution is 6.01. The normalized spacial score (nSPS) is 19.4. The first kappa shape index (κ1) is 24.0. The molecule has 3 aromatic carbocycles. The smallest absolute Gasteiger partial charge is 0.166 e. The molecule has 0 saturated heterocycles. The molecule has 3 aromatic rings. The Morgan fingerprint density at radius 3 is 2.22 bits per heavy atom. The molecule has 2 aliphatic rings. The van der Waals surface area contributed by atoms with Gasteiger partial charge in [-0.15, -0.1) is 0 Å². The number of carbonyl (C=O) groups is 1. The van der Waals surface area contributed by atoms with Crippen LogP contribution >= 0.6 is 0 Å². The number of benzene rings is 3. The quantitative estimate of drug-likeness (QED) is 0.420. The second-order valence-corrected chi connectivity index (χ2v) is 10.6. The molecule has 0 radical (unpaired) electrons. The molecule has 0 aromatic heterocycles. The minimum Gasteiger partial charge on any atom is -0.493 e. The second-order valence-electron chi connectivity index (χ2n) is 10.6. The minimum atomic E-state index is -0.363. The van der Waals surface area contributed by atoms with Crippen LogP contribution in [-0.2, 0) is 10.2 Å². The van der Waals surface area contributed by atoms with Gasteiger partial charge in [-0.1, -0.05) is 69.3 Å². The number of Topliss-reactive ketones (excluding diaryl/α,β-unsaturated/α-hetero) is 1. The summed E-state index contributed by atoms with van der Waals surface area (Å²) < 4.78 is 11.3. The van der Waals surface area contributed by atoms with Crippen molar-refractivity contribution in [2.45, 2.75) is 51.0 Å². The van der Waals surface area contributed by atoms with Crippen molar-refractivity contribution in [1.29, 1.82) is 0 Å². The van der Waals surface area contributed by atoms with E-state index in [1.165, 1.54) is 11.1 Å². The molecule has 0 fully saturated rings. The van der Waals surface area contributed by atoms with E-state index < -0.39 is 0 Å². The second kappa shape index (κ2) is 9.38. The number of allylic oxidation sites excluding steroid dienone is 1. The van der Waals surface area contributed by atoms with E-state index in [9.17, 15) is 4.79 Å². The standard InChI is InChI=1S/C31H34N2O3/c1-31(2,3)21-15-13-19(14-16-21)20-17-25-28(26(34)18-20)29(33-24-11-7-6-10-23(24)32-25)22-9-8-12-27(35-4)30(22)36-5/h6-16,20,29,32-33H,17-18H2,1-5H3. The van der Waals surface area contributed by atoms with Crippen molar-refractivity contribution >= 4 is 17.2 Å². The highest BCUT2D eigenvalue weighted by atomic mass is 16.5. The third-order valence-electron chi connectivity index (χ3n) is 7.30. The molecule has 2 atom stereocenters. The van der Waals surface area contributed by atoms with E-state index in [-0.39, 0.29) is 23.2 Å². The maximum Gasteiger partial charge on any atom is 0.166 e. The summed E-state index contributed by atoms with van der Waals surface area (Å²) in [5, 5.41) is 7.25. The Labute approximate surface area is 213 Å². The summed E-state index contributed by atoms with van der Waals surface area (Å²) in [4.78, 5) is 13.9. The van der Waals surface area contributed by atoms with Crippen molar-refractivity contribution in [1.82, 2.24) is 0 Å². The summed E-state index contributed by atoms with van der Waals surface area (Å²) >= 11 is 0. The molecule has 1 aliphatic heterocycles. The van der Waals surface area contributed by atoms with Crippen molar-refractivity contribution in [3.63, 3.8) is 0 Å². The van der Waals surface area contributed by atoms with Gasteiger partial charge in [0.25, 0.3) is 0 Å². The number of ketones is 1. The first-order valence-corrected chi connectivity index (χ1v) is 12.5. The summed E-state index contributed by atoms with van der Waals surface area (Å²) in [5.41, 5.74) is 7.10. The molecular formula is C31H34N2O3. The van der Waals surface area contributed by atoms with Crippen LogP contribution in [0.15, 0.2) is 78.0 Å². The number of para-hydroxylation sites is 3. The summed E-state index contributed by atoms with van der Waals surface area (Å²) in [6.07, 6.45) is 1.23. The largest absolute Gasteiger partial charge is 0.493 e. The molecular weight excluding hydrogens is 448 g/mol. The summed E-state index contributed by atoms with van der Waals surface area (Å²) in [5.74, 6) is 1.54. The summed E-state index contributed by atoms with van der Waals surface area (Å²) in [7, 11) is 3.27. The molecule has 0 bridgehead atoms. The van der Waals surface area contributed by atoms with E-state index >= 15 is 0 Å². The zero-order chi connectivity index (χ0) is 25.4. The van der Waals surface area contributed by atoms with Gasteiger partial charge in [0.2, 0.25) is 0 Å². The number of rotatable bonds is 4. The third-order valence-corrected chi connectivity index (χ3v) is 7.30. The van der Waals surface area contributed by atoms with Crippen molar-refractivity contribution in [3.8, 4) is 11.5 Å². The number of carbonyl (C=O) groups excluding carboxylic acids is 1. The molecule has 186 valence electrons. The molecule has 0 spiro atoms. The lowest BCUT2D eigenvalue weighted by atomic mass is 9.77. The van der Waals surface area contributed by atoms with Gasteiger partial charge in [-0.2, -0.15) is 0 Å². The summed E-state index contributed by atoms with van der Waals surface area (Å²) in [6.45, 7) is 6.66. The van der Waals surface area contributed by atoms with Crippen LogP contribution in [0.5, 0.6) is 11.5 Å². The molecule has 5 heteroatoms. The Morgan fingerprint density at radius 1 is 0.833 bits per heavy atom. The van der Waals surface area contributed by atoms with E-state index in [1.807, 2.05) is 42.5 Å². The zero-order valence-electron chi connectivity index (χ0n) is 21.6. The lowest BCUT2D eigenvalue weighted by Gasteiger charge is -2.31. The van der Waals surface area contributed by atoms with Crippen molar-refractivity contribution in [2.75, 3.05) is 24.9 Å². The van der Waals surface area contributed by atoms with E-state index in [0.29, 0.717) is 17.9 Å². The van der Waals surface area contributed by atoms with Gasteiger partial charge in [0.15, 0.2) is 17.3 Å². The monoisotopic (exact) mass is 482 g/mol. The van der Waals surface area contributed by atoms with Gasteiger partial charge < -0.3 is 20.1 Å². The minimum absolute atomic E-state index is 0.0951. The molecule has 2 N–H and O–H groups in total. The van der Waals surface area contributed by atoms with E-state index in [0.717, 1.165) is 34.6 Å². The van der Waals surface area contributed by atoms with Crippen molar-refractivity contribution in [3.05, 3.63) is 94.7 Å². The Morgan fingerprint density at radius 2 is 1.56 bits per heavy atom. The molecule has 1 heterocycles. The van der Waals surface area contributed by atoms with Gasteiger partial charge >= 0.3 is 0 Å². The van der Waals surface area contributed by atoms with E-state index in [1.54, 1.807) is 14.2 Å². The van der Waals surface area contributed by atoms with Crippen LogP contribution < -0.4 is 20.1 Å². The first-order chi connectivity index (χ1) is 17.3. The molecule has 1 aliphatic carbocycles. The number of hydrogen-bond acceptors (Lipinski definition) is 5. The predicted molar refractivity (Wildman–Crippen MR) is 145 cm³/mol. The van der Waals surface area contributed by atoms with Crippen LogP contribution in [0.25, 0.3) is 0 Å². The first-order valence-electron chi connectivity index (χ1n) is 12.5. The maximum atomic E-state index is 13.9. The summed E-state index contributed by atoms with van der Waals surface area (Å²) in [6, 6.07) is 22.3. The van der Waals surface area contributed by atoms with Gasteiger partial charge in [0.05, 0.1) is 31.6 Å². The lowest BCUT2D eigenvalue weighted by molar-refractivity contribution is -0.116. The average Bonchev–Trinajstić information content (AvgIpc) is 3.04. The average molecular weight is 483 g/mol. The number of anilines is 2. The molecule has 0 saturated carbocycles. The Bertz CT molecular complexity index is 1320. The maximum absolute atomic E-state index is 13.9. The van der Waals surface area contributed by atoms with Gasteiger partial charge in [0.1, 0.15) is 0 Å². The number of ether oxygens (including phenoxy) is 2. The van der Waals surface area contributed by atoms with Crippen LogP contribution in [0.1, 0.15) is 62.3 Å². The highest BCUT2D eigenvalue weighted by Crippen LogP contribution is 2.47. The fourth-order valence-corrected chi connectivity index (χ4v) is 5.36. The van der Waals surface area contributed by atoms with Crippen LogP contribution in [0.3, 0.4) is 0 Å². The van der Waals surface area contributed by atoms with E-state index in [2.05, 4.69) is 55.7 Å². The van der Waals surface area contributed by atoms with E-state index in [4.69, 9.17) is 9.47 Å². The molecule has 36 heavy (non-hydrogen) atoms. The molecule has 5 rings (SSSR count). The number of nitrogens with one attached hydrogen (secondary N) is 2. The molecule has 0 amide bonds. The molecule has 2 unspecified atom stereocenters. The number of methoxy groups -OCH3 is 2. The lowest BCUT2D eigenvalue weighted by Crippen LogP contribution is -2.27. The molecule has 5 nitrogen and oxygen atoms in total. The van der Waals surface area contributed by atoms with Crippen LogP contribution in [-0.4, -0.2) is 20.0 Å².